The number of halogens is 1. The summed E-state index contributed by atoms with van der Waals surface area (Å²) in [7, 11) is 0. The van der Waals surface area contributed by atoms with Crippen molar-refractivity contribution in [2.24, 2.45) is 0 Å². The summed E-state index contributed by atoms with van der Waals surface area (Å²) in [5.41, 5.74) is 7.81. The number of hydrogen-bond donors (Lipinski definition) is 0. The molecule has 4 nitrogen and oxygen atoms in total. The molecule has 0 saturated carbocycles. The Labute approximate surface area is 331 Å². The minimum atomic E-state index is -0.156. The highest BCUT2D eigenvalue weighted by molar-refractivity contribution is 8.23. The summed E-state index contributed by atoms with van der Waals surface area (Å²) in [5.74, 6) is 1.09. The zero-order valence-electron chi connectivity index (χ0n) is 31.6. The number of likely N-dealkylation sites (N-methyl/N-ethyl adjacent to an activating group) is 1. The van der Waals surface area contributed by atoms with Gasteiger partial charge in [0.25, 0.3) is 0 Å². The predicted octanol–water partition coefficient (Wildman–Crippen LogP) is 8.16. The highest BCUT2D eigenvalue weighted by Gasteiger charge is 2.45. The third-order valence-electron chi connectivity index (χ3n) is 11.1. The lowest BCUT2D eigenvalue weighted by Crippen LogP contribution is -3.00. The van der Waals surface area contributed by atoms with Crippen molar-refractivity contribution in [3.63, 3.8) is 0 Å². The van der Waals surface area contributed by atoms with Crippen LogP contribution < -0.4 is 17.3 Å². The maximum absolute atomic E-state index is 12.7. The first-order chi connectivity index (χ1) is 25.1. The Morgan fingerprint density at radius 3 is 2.17 bits per heavy atom. The summed E-state index contributed by atoms with van der Waals surface area (Å²) < 4.78 is 3.25. The number of thiocarbonyl (C=S) groups is 1. The maximum atomic E-state index is 12.7. The third kappa shape index (κ3) is 7.30. The van der Waals surface area contributed by atoms with Crippen molar-refractivity contribution in [3.8, 4) is 0 Å². The van der Waals surface area contributed by atoms with Gasteiger partial charge in [0.05, 0.1) is 5.41 Å². The summed E-state index contributed by atoms with van der Waals surface area (Å²) in [6, 6.07) is 26.6. The highest BCUT2D eigenvalue weighted by Crippen LogP contribution is 2.50. The van der Waals surface area contributed by atoms with Crippen LogP contribution in [0.3, 0.4) is 0 Å². The van der Waals surface area contributed by atoms with E-state index in [4.69, 9.17) is 12.2 Å². The van der Waals surface area contributed by atoms with Crippen molar-refractivity contribution in [3.05, 3.63) is 132 Å². The van der Waals surface area contributed by atoms with Gasteiger partial charge in [-0.2, -0.15) is 4.58 Å². The predicted molar refractivity (Wildman–Crippen MR) is 228 cm³/mol. The molecule has 0 aliphatic carbocycles. The normalized spacial score (nSPS) is 18.4. The highest BCUT2D eigenvalue weighted by atomic mass is 35.5. The molecule has 1 saturated heterocycles. The van der Waals surface area contributed by atoms with Crippen LogP contribution >= 0.6 is 24.0 Å². The lowest BCUT2D eigenvalue weighted by molar-refractivity contribution is -0.438. The minimum absolute atomic E-state index is 0. The SMILES string of the molecule is CCN1\C(=C/C=C/C=C/C=C/C2=[N+](CCCCCC(=O)N3CCSC3=S)c3ccc4ccccc4c3C2(C)C)C(C)(C)c2c1ccc1ccccc21.[Cl-]. The largest absolute Gasteiger partial charge is 1.00 e. The molecule has 0 atom stereocenters. The summed E-state index contributed by atoms with van der Waals surface area (Å²) >= 11 is 6.98. The Morgan fingerprint density at radius 1 is 0.811 bits per heavy atom. The van der Waals surface area contributed by atoms with Gasteiger partial charge >= 0.3 is 0 Å². The number of carbonyl (C=O) groups is 1. The Hall–Kier alpha value is -3.97. The number of nitrogens with zero attached hydrogens (tertiary/aromatic N) is 3. The van der Waals surface area contributed by atoms with Crippen LogP contribution in [-0.2, 0) is 15.6 Å². The van der Waals surface area contributed by atoms with Crippen LogP contribution in [0.4, 0.5) is 11.4 Å². The van der Waals surface area contributed by atoms with Crippen LogP contribution in [-0.4, -0.2) is 50.8 Å². The summed E-state index contributed by atoms with van der Waals surface area (Å²) in [4.78, 5) is 17.0. The fourth-order valence-corrected chi connectivity index (χ4v) is 9.86. The van der Waals surface area contributed by atoms with E-state index in [9.17, 15) is 4.79 Å². The molecule has 0 radical (unpaired) electrons. The minimum Gasteiger partial charge on any atom is -1.00 e. The molecule has 0 bridgehead atoms. The summed E-state index contributed by atoms with van der Waals surface area (Å²) in [5, 5.41) is 5.23. The molecular formula is C46H50ClN3OS2. The number of thioether (sulfide) groups is 1. The number of unbranched alkanes of at least 4 members (excludes halogenated alkanes) is 2. The van der Waals surface area contributed by atoms with Crippen molar-refractivity contribution < 1.29 is 21.8 Å². The van der Waals surface area contributed by atoms with Crippen LogP contribution in [0.15, 0.2) is 121 Å². The summed E-state index contributed by atoms with van der Waals surface area (Å²) in [6.45, 7) is 14.2. The lowest BCUT2D eigenvalue weighted by Gasteiger charge is -2.26. The van der Waals surface area contributed by atoms with Gasteiger partial charge in [-0.25, -0.2) is 0 Å². The molecule has 0 aromatic heterocycles. The molecule has 0 spiro atoms. The van der Waals surface area contributed by atoms with Crippen LogP contribution in [0.25, 0.3) is 21.5 Å². The van der Waals surface area contributed by atoms with Crippen molar-refractivity contribution in [1.82, 2.24) is 4.90 Å². The quantitative estimate of drug-likeness (QED) is 0.0668. The van der Waals surface area contributed by atoms with E-state index in [1.54, 1.807) is 16.7 Å². The number of allylic oxidation sites excluding steroid dienone is 8. The third-order valence-corrected chi connectivity index (χ3v) is 12.5. The van der Waals surface area contributed by atoms with Gasteiger partial charge in [0.1, 0.15) is 10.9 Å². The molecule has 4 aromatic carbocycles. The van der Waals surface area contributed by atoms with Gasteiger partial charge in [-0.05, 0) is 78.9 Å². The van der Waals surface area contributed by atoms with E-state index in [0.717, 1.165) is 49.0 Å². The van der Waals surface area contributed by atoms with E-state index in [0.29, 0.717) is 6.42 Å². The number of fused-ring (bicyclic) bond motifs is 6. The summed E-state index contributed by atoms with van der Waals surface area (Å²) in [6.07, 6.45) is 18.8. The number of rotatable bonds is 11. The molecule has 0 N–H and O–H groups in total. The smallest absolute Gasteiger partial charge is 0.228 e. The van der Waals surface area contributed by atoms with Gasteiger partial charge in [0.15, 0.2) is 5.71 Å². The van der Waals surface area contributed by atoms with Gasteiger partial charge in [0.2, 0.25) is 11.6 Å². The first kappa shape index (κ1) is 38.7. The van der Waals surface area contributed by atoms with Gasteiger partial charge in [-0.15, -0.1) is 0 Å². The molecule has 3 aliphatic rings. The standard InChI is InChI=1S/C46H50N3OS2.ClH/c1-6-47-37-28-26-33-19-14-16-21-35(33)42(37)45(2,3)39(47)23-11-8-7-9-12-24-40-46(4,5)43-36-22-17-15-20-34(36)27-29-38(43)48(40)30-18-10-13-25-41(50)49-31-32-52-44(49)51;/h7-9,11-12,14-17,19-24,26-29H,6,10,13,18,25,30-32H2,1-5H3;1H/q+1;/p-1. The Bertz CT molecular complexity index is 2210. The molecule has 3 heterocycles. The van der Waals surface area contributed by atoms with Crippen LogP contribution in [0.1, 0.15) is 71.4 Å². The first-order valence-corrected chi connectivity index (χ1v) is 20.2. The molecule has 0 unspecified atom stereocenters. The van der Waals surface area contributed by atoms with E-state index < -0.39 is 0 Å². The van der Waals surface area contributed by atoms with Crippen LogP contribution in [0, 0.1) is 0 Å². The second-order valence-electron chi connectivity index (χ2n) is 15.0. The van der Waals surface area contributed by atoms with E-state index in [1.165, 1.54) is 55.5 Å². The second-order valence-corrected chi connectivity index (χ2v) is 16.8. The van der Waals surface area contributed by atoms with Crippen molar-refractivity contribution in [2.75, 3.05) is 30.3 Å². The lowest BCUT2D eigenvalue weighted by atomic mass is 9.79. The van der Waals surface area contributed by atoms with E-state index in [2.05, 4.69) is 159 Å². The van der Waals surface area contributed by atoms with Crippen LogP contribution in [0.2, 0.25) is 0 Å². The molecule has 274 valence electrons. The van der Waals surface area contributed by atoms with Crippen molar-refractivity contribution in [2.45, 2.75) is 71.1 Å². The number of anilines is 1. The van der Waals surface area contributed by atoms with Gasteiger partial charge in [-0.3, -0.25) is 9.69 Å². The number of hydrogen-bond acceptors (Lipinski definition) is 4. The topological polar surface area (TPSA) is 26.6 Å². The molecule has 53 heavy (non-hydrogen) atoms. The number of carbonyl (C=O) groups excluding carboxylic acids is 1. The first-order valence-electron chi connectivity index (χ1n) is 18.8. The fourth-order valence-electron chi connectivity index (χ4n) is 8.62. The van der Waals surface area contributed by atoms with E-state index in [-0.39, 0.29) is 29.1 Å². The maximum Gasteiger partial charge on any atom is 0.228 e. The molecule has 3 aliphatic heterocycles. The zero-order chi connectivity index (χ0) is 36.5. The van der Waals surface area contributed by atoms with Crippen LogP contribution in [0.5, 0.6) is 0 Å². The molecule has 1 amide bonds. The Balaban J connectivity index is 0.00000481. The second kappa shape index (κ2) is 16.2. The number of benzene rings is 4. The molecule has 4 aromatic rings. The van der Waals surface area contributed by atoms with Gasteiger partial charge in [-0.1, -0.05) is 123 Å². The van der Waals surface area contributed by atoms with Crippen molar-refractivity contribution in [1.29, 1.82) is 0 Å². The molecule has 7 heteroatoms. The molecule has 7 rings (SSSR count). The number of amides is 1. The fraction of sp³-hybridized carbons (Fsp3) is 0.326. The monoisotopic (exact) mass is 759 g/mol. The Morgan fingerprint density at radius 2 is 1.47 bits per heavy atom. The molecule has 1 fully saturated rings. The zero-order valence-corrected chi connectivity index (χ0v) is 34.0. The van der Waals surface area contributed by atoms with Crippen molar-refractivity contribution >= 4 is 72.8 Å². The van der Waals surface area contributed by atoms with Gasteiger partial charge < -0.3 is 17.3 Å². The van der Waals surface area contributed by atoms with E-state index in [1.807, 2.05) is 0 Å². The Kier molecular flexibility index (Phi) is 11.8. The average Bonchev–Trinajstić information content (AvgIpc) is 3.74. The molecular weight excluding hydrogens is 710 g/mol. The van der Waals surface area contributed by atoms with E-state index >= 15 is 0 Å². The average molecular weight is 761 g/mol. The van der Waals surface area contributed by atoms with Gasteiger partial charge in [0, 0.05) is 66.2 Å².